The summed E-state index contributed by atoms with van der Waals surface area (Å²) in [5.74, 6) is 2.21. The summed E-state index contributed by atoms with van der Waals surface area (Å²) in [4.78, 5) is 28.0. The maximum Gasteiger partial charge on any atom is 0.258 e. The molecule has 2 aliphatic carbocycles. The third-order valence-corrected chi connectivity index (χ3v) is 7.39. The molecule has 1 aliphatic heterocycles. The number of nitrogens with zero attached hydrogens (tertiary/aromatic N) is 2. The quantitative estimate of drug-likeness (QED) is 0.796. The highest BCUT2D eigenvalue weighted by molar-refractivity contribution is 6.01. The Morgan fingerprint density at radius 2 is 1.93 bits per heavy atom. The third-order valence-electron chi connectivity index (χ3n) is 7.39. The predicted octanol–water partition coefficient (Wildman–Crippen LogP) is 3.10. The number of benzene rings is 1. The molecule has 2 aromatic rings. The van der Waals surface area contributed by atoms with E-state index >= 15 is 0 Å². The van der Waals surface area contributed by atoms with E-state index < -0.39 is 0 Å². The monoisotopic (exact) mass is 409 g/mol. The molecule has 5 rings (SSSR count). The molecular formula is C24H31N3O3. The molecule has 1 saturated heterocycles. The summed E-state index contributed by atoms with van der Waals surface area (Å²) in [7, 11) is 0. The zero-order valence-electron chi connectivity index (χ0n) is 17.5. The Bertz CT molecular complexity index is 979. The van der Waals surface area contributed by atoms with Crippen molar-refractivity contribution < 1.29 is 9.53 Å². The molecule has 0 radical (unpaired) electrons. The van der Waals surface area contributed by atoms with Gasteiger partial charge in [-0.3, -0.25) is 14.5 Å². The molecule has 6 heteroatoms. The molecule has 3 atom stereocenters. The molecule has 2 heterocycles. The minimum absolute atomic E-state index is 0.00459. The lowest BCUT2D eigenvalue weighted by Gasteiger charge is -2.26. The highest BCUT2D eigenvalue weighted by Gasteiger charge is 2.40. The van der Waals surface area contributed by atoms with Gasteiger partial charge in [-0.1, -0.05) is 12.5 Å². The maximum atomic E-state index is 13.0. The van der Waals surface area contributed by atoms with Gasteiger partial charge in [-0.15, -0.1) is 0 Å². The van der Waals surface area contributed by atoms with Crippen LogP contribution in [0.5, 0.6) is 0 Å². The van der Waals surface area contributed by atoms with E-state index in [1.165, 1.54) is 25.7 Å². The van der Waals surface area contributed by atoms with Crippen LogP contribution in [0.15, 0.2) is 35.3 Å². The number of pyridine rings is 1. The Hall–Kier alpha value is -2.18. The van der Waals surface area contributed by atoms with Crippen molar-refractivity contribution >= 4 is 22.4 Å². The van der Waals surface area contributed by atoms with Crippen molar-refractivity contribution in [2.45, 2.75) is 38.6 Å². The van der Waals surface area contributed by atoms with Crippen LogP contribution in [0.25, 0.3) is 10.8 Å². The highest BCUT2D eigenvalue weighted by atomic mass is 16.5. The van der Waals surface area contributed by atoms with Gasteiger partial charge in [-0.2, -0.15) is 0 Å². The van der Waals surface area contributed by atoms with Crippen molar-refractivity contribution in [3.05, 3.63) is 40.8 Å². The molecular weight excluding hydrogens is 378 g/mol. The molecule has 1 aromatic heterocycles. The first-order valence-corrected chi connectivity index (χ1v) is 11.4. The molecule has 2 saturated carbocycles. The van der Waals surface area contributed by atoms with Gasteiger partial charge in [0.25, 0.3) is 5.56 Å². The van der Waals surface area contributed by atoms with Crippen LogP contribution in [0.2, 0.25) is 0 Å². The lowest BCUT2D eigenvalue weighted by atomic mass is 9.86. The minimum atomic E-state index is 0.00459. The smallest absolute Gasteiger partial charge is 0.258 e. The third kappa shape index (κ3) is 4.03. The number of aromatic nitrogens is 1. The number of ether oxygens (including phenoxy) is 1. The number of anilines is 1. The SMILES string of the molecule is O=C(CC1CC2CC[C@@H]1C2)Nc1cccc2c(=O)n(CCN3CCOCC3)ccc12. The second kappa shape index (κ2) is 8.52. The molecule has 2 bridgehead atoms. The van der Waals surface area contributed by atoms with Crippen molar-refractivity contribution in [2.24, 2.45) is 17.8 Å². The van der Waals surface area contributed by atoms with E-state index in [1.54, 1.807) is 4.57 Å². The van der Waals surface area contributed by atoms with Crippen LogP contribution in [0, 0.1) is 17.8 Å². The van der Waals surface area contributed by atoms with Gasteiger partial charge < -0.3 is 14.6 Å². The Kier molecular flexibility index (Phi) is 5.61. The first-order valence-electron chi connectivity index (χ1n) is 11.4. The van der Waals surface area contributed by atoms with E-state index in [0.717, 1.165) is 55.8 Å². The average Bonchev–Trinajstić information content (AvgIpc) is 3.38. The number of carbonyl (C=O) groups excluding carboxylic acids is 1. The molecule has 1 N–H and O–H groups in total. The number of nitrogens with one attached hydrogen (secondary N) is 1. The summed E-state index contributed by atoms with van der Waals surface area (Å²) in [6.45, 7) is 4.86. The van der Waals surface area contributed by atoms with Crippen LogP contribution in [0.1, 0.15) is 32.1 Å². The lowest BCUT2D eigenvalue weighted by Crippen LogP contribution is -2.39. The van der Waals surface area contributed by atoms with Gasteiger partial charge in [0.15, 0.2) is 0 Å². The fourth-order valence-electron chi connectivity index (χ4n) is 5.74. The summed E-state index contributed by atoms with van der Waals surface area (Å²) in [5.41, 5.74) is 0.753. The number of amides is 1. The van der Waals surface area contributed by atoms with Gasteiger partial charge in [0.05, 0.1) is 13.2 Å². The average molecular weight is 410 g/mol. The second-order valence-corrected chi connectivity index (χ2v) is 9.22. The molecule has 3 fully saturated rings. The van der Waals surface area contributed by atoms with Gasteiger partial charge >= 0.3 is 0 Å². The Labute approximate surface area is 177 Å². The number of fused-ring (bicyclic) bond motifs is 3. The molecule has 3 aliphatic rings. The molecule has 30 heavy (non-hydrogen) atoms. The van der Waals surface area contributed by atoms with Gasteiger partial charge in [-0.05, 0) is 55.2 Å². The van der Waals surface area contributed by atoms with E-state index in [2.05, 4.69) is 10.2 Å². The maximum absolute atomic E-state index is 13.0. The number of morpholine rings is 1. The number of rotatable bonds is 6. The van der Waals surface area contributed by atoms with Crippen molar-refractivity contribution in [1.82, 2.24) is 9.47 Å². The van der Waals surface area contributed by atoms with Crippen molar-refractivity contribution in [3.63, 3.8) is 0 Å². The summed E-state index contributed by atoms with van der Waals surface area (Å²) >= 11 is 0. The van der Waals surface area contributed by atoms with Crippen LogP contribution in [0.3, 0.4) is 0 Å². The Balaban J connectivity index is 1.28. The van der Waals surface area contributed by atoms with Crippen molar-refractivity contribution in [1.29, 1.82) is 0 Å². The first kappa shape index (κ1) is 19.8. The van der Waals surface area contributed by atoms with Gasteiger partial charge in [0.1, 0.15) is 0 Å². The predicted molar refractivity (Wildman–Crippen MR) is 118 cm³/mol. The number of carbonyl (C=O) groups is 1. The minimum Gasteiger partial charge on any atom is -0.379 e. The Morgan fingerprint density at radius 1 is 1.07 bits per heavy atom. The van der Waals surface area contributed by atoms with Gasteiger partial charge in [0, 0.05) is 55.3 Å². The Morgan fingerprint density at radius 3 is 2.70 bits per heavy atom. The van der Waals surface area contributed by atoms with Crippen molar-refractivity contribution in [3.8, 4) is 0 Å². The van der Waals surface area contributed by atoms with E-state index in [0.29, 0.717) is 24.3 Å². The highest BCUT2D eigenvalue weighted by Crippen LogP contribution is 2.49. The molecule has 1 amide bonds. The molecule has 1 aromatic carbocycles. The van der Waals surface area contributed by atoms with Crippen LogP contribution < -0.4 is 10.9 Å². The van der Waals surface area contributed by atoms with Crippen LogP contribution >= 0.6 is 0 Å². The summed E-state index contributed by atoms with van der Waals surface area (Å²) in [5, 5.41) is 4.58. The normalized spacial score (nSPS) is 26.3. The molecule has 2 unspecified atom stereocenters. The van der Waals surface area contributed by atoms with E-state index in [4.69, 9.17) is 4.74 Å². The fraction of sp³-hybridized carbons (Fsp3) is 0.583. The topological polar surface area (TPSA) is 63.6 Å². The fourth-order valence-corrected chi connectivity index (χ4v) is 5.74. The summed E-state index contributed by atoms with van der Waals surface area (Å²) in [6, 6.07) is 7.58. The van der Waals surface area contributed by atoms with E-state index in [-0.39, 0.29) is 11.5 Å². The molecule has 0 spiro atoms. The van der Waals surface area contributed by atoms with E-state index in [1.807, 2.05) is 30.5 Å². The van der Waals surface area contributed by atoms with Gasteiger partial charge in [-0.25, -0.2) is 0 Å². The summed E-state index contributed by atoms with van der Waals surface area (Å²) in [6.07, 6.45) is 7.63. The van der Waals surface area contributed by atoms with Crippen molar-refractivity contribution in [2.75, 3.05) is 38.2 Å². The standard InChI is InChI=1S/C24H31N3O3/c28-23(16-19-15-17-4-5-18(19)14-17)25-22-3-1-2-21-20(22)6-7-27(24(21)29)9-8-26-10-12-30-13-11-26/h1-3,6-7,17-19H,4-5,8-16H2,(H,25,28)/t17?,18-,19?/m1/s1. The largest absolute Gasteiger partial charge is 0.379 e. The first-order chi connectivity index (χ1) is 14.7. The summed E-state index contributed by atoms with van der Waals surface area (Å²) < 4.78 is 7.17. The van der Waals surface area contributed by atoms with Crippen LogP contribution in [0.4, 0.5) is 5.69 Å². The zero-order valence-corrected chi connectivity index (χ0v) is 17.5. The van der Waals surface area contributed by atoms with Crippen LogP contribution in [-0.2, 0) is 16.1 Å². The zero-order chi connectivity index (χ0) is 20.5. The second-order valence-electron chi connectivity index (χ2n) is 9.22. The lowest BCUT2D eigenvalue weighted by molar-refractivity contribution is -0.117. The van der Waals surface area contributed by atoms with Gasteiger partial charge in [0.2, 0.25) is 5.91 Å². The molecule has 160 valence electrons. The van der Waals surface area contributed by atoms with E-state index in [9.17, 15) is 9.59 Å². The molecule has 6 nitrogen and oxygen atoms in total. The number of hydrogen-bond donors (Lipinski definition) is 1. The van der Waals surface area contributed by atoms with Crippen LogP contribution in [-0.4, -0.2) is 48.2 Å². The number of hydrogen-bond acceptors (Lipinski definition) is 4.